The number of hydrogen-bond acceptors (Lipinski definition) is 6. The molecule has 1 aromatic heterocycles. The Morgan fingerprint density at radius 2 is 1.65 bits per heavy atom. The second-order valence-electron chi connectivity index (χ2n) is 8.59. The van der Waals surface area contributed by atoms with Crippen molar-refractivity contribution in [1.82, 2.24) is 9.88 Å². The third kappa shape index (κ3) is 9.27. The first kappa shape index (κ1) is 31.7. The maximum atomic E-state index is 8.00. The van der Waals surface area contributed by atoms with E-state index in [9.17, 15) is 0 Å². The van der Waals surface area contributed by atoms with Gasteiger partial charge in [-0.3, -0.25) is 0 Å². The largest absolute Gasteiger partial charge is 0.476 e. The molecule has 0 spiro atoms. The molecule has 0 bridgehead atoms. The SMILES string of the molecule is C=Cc1cc(Oc2ccc(C)cc2)ncc1N(C)C1CCN(C(=C)OC2CCC2)CC1.C=O.CC.CC. The molecule has 0 unspecified atom stereocenters. The van der Waals surface area contributed by atoms with Gasteiger partial charge < -0.3 is 24.1 Å². The fraction of sp³-hybridized carbons (Fsp3) is 0.484. The quantitative estimate of drug-likeness (QED) is 0.341. The lowest BCUT2D eigenvalue weighted by Crippen LogP contribution is -2.44. The molecule has 6 heteroatoms. The Morgan fingerprint density at radius 3 is 2.16 bits per heavy atom. The van der Waals surface area contributed by atoms with Crippen LogP contribution in [-0.2, 0) is 9.53 Å². The molecule has 4 rings (SSSR count). The molecule has 2 aromatic rings. The number of pyridine rings is 1. The maximum absolute atomic E-state index is 8.00. The Kier molecular flexibility index (Phi) is 14.8. The summed E-state index contributed by atoms with van der Waals surface area (Å²) < 4.78 is 11.9. The zero-order valence-electron chi connectivity index (χ0n) is 23.8. The fourth-order valence-electron chi connectivity index (χ4n) is 4.14. The van der Waals surface area contributed by atoms with Crippen LogP contribution < -0.4 is 9.64 Å². The van der Waals surface area contributed by atoms with Crippen LogP contribution >= 0.6 is 0 Å². The van der Waals surface area contributed by atoms with E-state index in [2.05, 4.69) is 41.9 Å². The second-order valence-corrected chi connectivity index (χ2v) is 8.59. The van der Waals surface area contributed by atoms with Crippen LogP contribution in [0.1, 0.15) is 70.9 Å². The van der Waals surface area contributed by atoms with E-state index in [0.29, 0.717) is 18.0 Å². The monoisotopic (exact) mass is 509 g/mol. The van der Waals surface area contributed by atoms with Crippen molar-refractivity contribution in [2.45, 2.75) is 78.9 Å². The molecule has 0 atom stereocenters. The Morgan fingerprint density at radius 1 is 1.05 bits per heavy atom. The zero-order chi connectivity index (χ0) is 27.8. The first-order valence-electron chi connectivity index (χ1n) is 13.5. The van der Waals surface area contributed by atoms with Crippen LogP contribution in [0.5, 0.6) is 11.6 Å². The summed E-state index contributed by atoms with van der Waals surface area (Å²) in [5.74, 6) is 2.21. The van der Waals surface area contributed by atoms with Crippen molar-refractivity contribution in [2.75, 3.05) is 25.0 Å². The van der Waals surface area contributed by atoms with E-state index in [1.807, 2.05) is 77.1 Å². The Labute approximate surface area is 225 Å². The minimum Gasteiger partial charge on any atom is -0.476 e. The van der Waals surface area contributed by atoms with Crippen LogP contribution in [0.25, 0.3) is 6.08 Å². The van der Waals surface area contributed by atoms with Gasteiger partial charge in [-0.15, -0.1) is 0 Å². The third-order valence-corrected chi connectivity index (χ3v) is 6.45. The number of carbonyl (C=O) groups excluding carboxylic acids is 1. The lowest BCUT2D eigenvalue weighted by Gasteiger charge is -2.40. The molecule has 6 nitrogen and oxygen atoms in total. The second kappa shape index (κ2) is 17.2. The number of anilines is 1. The smallest absolute Gasteiger partial charge is 0.219 e. The summed E-state index contributed by atoms with van der Waals surface area (Å²) in [6.45, 7) is 22.2. The molecule has 2 aliphatic rings. The number of likely N-dealkylation sites (tertiary alicyclic amines) is 1. The van der Waals surface area contributed by atoms with Crippen LogP contribution in [0.4, 0.5) is 5.69 Å². The molecule has 1 aliphatic heterocycles. The number of rotatable bonds is 8. The number of piperidine rings is 1. The molecule has 37 heavy (non-hydrogen) atoms. The van der Waals surface area contributed by atoms with Crippen LogP contribution in [0.15, 0.2) is 55.6 Å². The highest BCUT2D eigenvalue weighted by Crippen LogP contribution is 2.31. The molecule has 2 fully saturated rings. The number of benzene rings is 1. The number of carbonyl (C=O) groups is 1. The van der Waals surface area contributed by atoms with Gasteiger partial charge in [0, 0.05) is 37.8 Å². The summed E-state index contributed by atoms with van der Waals surface area (Å²) >= 11 is 0. The Bertz CT molecular complexity index is 933. The molecule has 0 radical (unpaired) electrons. The highest BCUT2D eigenvalue weighted by Gasteiger charge is 2.27. The number of ether oxygens (including phenoxy) is 2. The van der Waals surface area contributed by atoms with Crippen molar-refractivity contribution in [2.24, 2.45) is 0 Å². The molecule has 0 N–H and O–H groups in total. The predicted molar refractivity (Wildman–Crippen MR) is 156 cm³/mol. The van der Waals surface area contributed by atoms with Gasteiger partial charge in [-0.25, -0.2) is 4.98 Å². The molecule has 1 aromatic carbocycles. The average molecular weight is 510 g/mol. The number of aromatic nitrogens is 1. The summed E-state index contributed by atoms with van der Waals surface area (Å²) in [4.78, 5) is 17.2. The number of hydrogen-bond donors (Lipinski definition) is 0. The average Bonchev–Trinajstić information content (AvgIpc) is 2.95. The van der Waals surface area contributed by atoms with E-state index < -0.39 is 0 Å². The van der Waals surface area contributed by atoms with Crippen molar-refractivity contribution >= 4 is 18.6 Å². The van der Waals surface area contributed by atoms with Crippen LogP contribution in [0.3, 0.4) is 0 Å². The molecule has 1 saturated carbocycles. The third-order valence-electron chi connectivity index (χ3n) is 6.45. The minimum absolute atomic E-state index is 0.384. The molecular formula is C31H47N3O3. The van der Waals surface area contributed by atoms with E-state index in [-0.39, 0.29) is 0 Å². The molecule has 1 aliphatic carbocycles. The van der Waals surface area contributed by atoms with Gasteiger partial charge in [0.2, 0.25) is 5.88 Å². The van der Waals surface area contributed by atoms with E-state index in [1.165, 1.54) is 24.8 Å². The van der Waals surface area contributed by atoms with Gasteiger partial charge in [0.25, 0.3) is 0 Å². The Balaban J connectivity index is 0.00000106. The van der Waals surface area contributed by atoms with Gasteiger partial charge in [0.05, 0.1) is 11.9 Å². The number of aryl methyl sites for hydroxylation is 1. The van der Waals surface area contributed by atoms with Crippen LogP contribution in [0.2, 0.25) is 0 Å². The van der Waals surface area contributed by atoms with E-state index in [0.717, 1.165) is 48.8 Å². The van der Waals surface area contributed by atoms with Gasteiger partial charge in [0.15, 0.2) is 5.88 Å². The van der Waals surface area contributed by atoms with Crippen molar-refractivity contribution in [3.05, 3.63) is 66.7 Å². The highest BCUT2D eigenvalue weighted by atomic mass is 16.5. The van der Waals surface area contributed by atoms with E-state index in [1.54, 1.807) is 0 Å². The molecular weight excluding hydrogens is 462 g/mol. The first-order valence-corrected chi connectivity index (χ1v) is 13.5. The van der Waals surface area contributed by atoms with Crippen LogP contribution in [0, 0.1) is 6.92 Å². The number of nitrogens with zero attached hydrogens (tertiary/aromatic N) is 3. The molecule has 0 amide bonds. The summed E-state index contributed by atoms with van der Waals surface area (Å²) in [6.07, 6.45) is 9.88. The van der Waals surface area contributed by atoms with Crippen LogP contribution in [-0.4, -0.2) is 49.0 Å². The Hall–Kier alpha value is -3.28. The molecule has 204 valence electrons. The van der Waals surface area contributed by atoms with Gasteiger partial charge in [-0.2, -0.15) is 0 Å². The molecule has 2 heterocycles. The standard InChI is InChI=1S/C26H33N3O2.2C2H6.CH2O/c1-5-21-17-26(31-24-11-9-19(2)10-12-24)27-18-25(21)28(4)22-13-15-29(16-14-22)20(3)30-23-7-6-8-23;3*1-2/h5,9-12,17-18,22-23H,1,3,6-8,13-16H2,2,4H3;2*1-2H3;1H2. The van der Waals surface area contributed by atoms with E-state index >= 15 is 0 Å². The lowest BCUT2D eigenvalue weighted by atomic mass is 9.96. The minimum atomic E-state index is 0.384. The van der Waals surface area contributed by atoms with Gasteiger partial charge in [0.1, 0.15) is 18.6 Å². The summed E-state index contributed by atoms with van der Waals surface area (Å²) in [5.41, 5.74) is 3.31. The lowest BCUT2D eigenvalue weighted by molar-refractivity contribution is -0.0980. The predicted octanol–water partition coefficient (Wildman–Crippen LogP) is 7.63. The summed E-state index contributed by atoms with van der Waals surface area (Å²) in [6, 6.07) is 10.4. The van der Waals surface area contributed by atoms with Crippen molar-refractivity contribution in [3.8, 4) is 11.6 Å². The van der Waals surface area contributed by atoms with Gasteiger partial charge in [-0.1, -0.05) is 58.0 Å². The van der Waals surface area contributed by atoms with Crippen molar-refractivity contribution in [3.63, 3.8) is 0 Å². The maximum Gasteiger partial charge on any atom is 0.219 e. The van der Waals surface area contributed by atoms with Crippen molar-refractivity contribution < 1.29 is 14.3 Å². The van der Waals surface area contributed by atoms with Gasteiger partial charge in [-0.05, 0) is 57.7 Å². The fourth-order valence-corrected chi connectivity index (χ4v) is 4.14. The topological polar surface area (TPSA) is 54.9 Å². The van der Waals surface area contributed by atoms with Crippen molar-refractivity contribution in [1.29, 1.82) is 0 Å². The summed E-state index contributed by atoms with van der Waals surface area (Å²) in [7, 11) is 2.14. The first-order chi connectivity index (χ1) is 18.0. The summed E-state index contributed by atoms with van der Waals surface area (Å²) in [5, 5.41) is 0. The highest BCUT2D eigenvalue weighted by molar-refractivity contribution is 5.67. The molecule has 1 saturated heterocycles. The van der Waals surface area contributed by atoms with E-state index in [4.69, 9.17) is 14.3 Å². The van der Waals surface area contributed by atoms with Gasteiger partial charge >= 0.3 is 0 Å². The normalized spacial score (nSPS) is 14.7. The zero-order valence-corrected chi connectivity index (χ0v) is 23.8.